The molecule has 0 bridgehead atoms. The second kappa shape index (κ2) is 8.26. The van der Waals surface area contributed by atoms with Crippen LogP contribution in [0.15, 0.2) is 0 Å². The van der Waals surface area contributed by atoms with Gasteiger partial charge in [0.2, 0.25) is 0 Å². The summed E-state index contributed by atoms with van der Waals surface area (Å²) in [5.41, 5.74) is 0. The van der Waals surface area contributed by atoms with Crippen molar-refractivity contribution in [2.45, 2.75) is 96.2 Å². The summed E-state index contributed by atoms with van der Waals surface area (Å²) in [5, 5.41) is 3.83. The molecule has 0 amide bonds. The van der Waals surface area contributed by atoms with Crippen molar-refractivity contribution in [1.29, 1.82) is 0 Å². The second-order valence-electron chi connectivity index (χ2n) is 6.71. The van der Waals surface area contributed by atoms with Crippen molar-refractivity contribution in [3.8, 4) is 0 Å². The van der Waals surface area contributed by atoms with Crippen molar-refractivity contribution < 1.29 is 0 Å². The van der Waals surface area contributed by atoms with Crippen LogP contribution in [0.25, 0.3) is 0 Å². The molecule has 2 rings (SSSR count). The van der Waals surface area contributed by atoms with Crippen LogP contribution in [0.1, 0.15) is 78.1 Å². The maximum Gasteiger partial charge on any atom is 0.0195 e. The summed E-state index contributed by atoms with van der Waals surface area (Å²) < 4.78 is 0. The Kier molecular flexibility index (Phi) is 6.66. The van der Waals surface area contributed by atoms with Crippen molar-refractivity contribution in [2.24, 2.45) is 0 Å². The highest BCUT2D eigenvalue weighted by atomic mass is 15.2. The van der Waals surface area contributed by atoms with Crippen LogP contribution in [0.5, 0.6) is 0 Å². The van der Waals surface area contributed by atoms with Crippen molar-refractivity contribution in [3.63, 3.8) is 0 Å². The lowest BCUT2D eigenvalue weighted by molar-refractivity contribution is 0.115. The minimum absolute atomic E-state index is 0.704. The van der Waals surface area contributed by atoms with Gasteiger partial charge in [0.15, 0.2) is 0 Å². The molecule has 2 aliphatic carbocycles. The first-order valence-electron chi connectivity index (χ1n) is 8.80. The summed E-state index contributed by atoms with van der Waals surface area (Å²) in [6.07, 6.45) is 14.4. The van der Waals surface area contributed by atoms with E-state index in [0.717, 1.165) is 12.1 Å². The molecule has 2 heteroatoms. The lowest BCUT2D eigenvalue weighted by Crippen LogP contribution is -2.48. The zero-order valence-electron chi connectivity index (χ0n) is 13.2. The van der Waals surface area contributed by atoms with Crippen LogP contribution in [0, 0.1) is 0 Å². The van der Waals surface area contributed by atoms with E-state index >= 15 is 0 Å². The Morgan fingerprint density at radius 2 is 1.53 bits per heavy atom. The molecular formula is C17H34N2. The van der Waals surface area contributed by atoms with Crippen LogP contribution < -0.4 is 5.32 Å². The minimum atomic E-state index is 0.704. The van der Waals surface area contributed by atoms with Gasteiger partial charge in [-0.15, -0.1) is 0 Å². The van der Waals surface area contributed by atoms with Gasteiger partial charge in [-0.1, -0.05) is 45.4 Å². The molecule has 0 heterocycles. The second-order valence-corrected chi connectivity index (χ2v) is 6.71. The van der Waals surface area contributed by atoms with E-state index in [4.69, 9.17) is 0 Å². The number of likely N-dealkylation sites (N-methyl/N-ethyl adjacent to an activating group) is 1. The molecule has 1 N–H and O–H groups in total. The normalized spacial score (nSPS) is 24.8. The Morgan fingerprint density at radius 3 is 2.11 bits per heavy atom. The quantitative estimate of drug-likeness (QED) is 0.783. The van der Waals surface area contributed by atoms with Gasteiger partial charge in [-0.3, -0.25) is 4.90 Å². The third-order valence-electron chi connectivity index (χ3n) is 5.28. The lowest BCUT2D eigenvalue weighted by atomic mass is 9.93. The first kappa shape index (κ1) is 15.3. The van der Waals surface area contributed by atoms with Crippen LogP contribution in [-0.4, -0.2) is 36.1 Å². The van der Waals surface area contributed by atoms with Crippen molar-refractivity contribution in [2.75, 3.05) is 13.1 Å². The Morgan fingerprint density at radius 1 is 0.947 bits per heavy atom. The van der Waals surface area contributed by atoms with E-state index in [2.05, 4.69) is 24.1 Å². The van der Waals surface area contributed by atoms with Crippen molar-refractivity contribution in [3.05, 3.63) is 0 Å². The fourth-order valence-electron chi connectivity index (χ4n) is 4.10. The Balaban J connectivity index is 1.73. The van der Waals surface area contributed by atoms with Gasteiger partial charge in [0, 0.05) is 24.7 Å². The summed E-state index contributed by atoms with van der Waals surface area (Å²) in [7, 11) is 0. The SMILES string of the molecule is CCN(C(C)CNC1CCCCC1)C1CCCCC1. The van der Waals surface area contributed by atoms with E-state index in [-0.39, 0.29) is 0 Å². The lowest BCUT2D eigenvalue weighted by Gasteiger charge is -2.38. The molecule has 0 aliphatic heterocycles. The van der Waals surface area contributed by atoms with E-state index in [1.54, 1.807) is 0 Å². The first-order chi connectivity index (χ1) is 9.31. The molecule has 19 heavy (non-hydrogen) atoms. The number of hydrogen-bond donors (Lipinski definition) is 1. The molecule has 0 aromatic carbocycles. The van der Waals surface area contributed by atoms with Crippen molar-refractivity contribution in [1.82, 2.24) is 10.2 Å². The van der Waals surface area contributed by atoms with E-state index < -0.39 is 0 Å². The highest BCUT2D eigenvalue weighted by Gasteiger charge is 2.24. The smallest absolute Gasteiger partial charge is 0.0195 e. The van der Waals surface area contributed by atoms with Gasteiger partial charge in [-0.2, -0.15) is 0 Å². The Hall–Kier alpha value is -0.0800. The first-order valence-corrected chi connectivity index (χ1v) is 8.80. The predicted octanol–water partition coefficient (Wildman–Crippen LogP) is 3.95. The molecule has 0 aromatic rings. The maximum atomic E-state index is 3.83. The van der Waals surface area contributed by atoms with Gasteiger partial charge in [-0.05, 0) is 39.2 Å². The molecule has 2 aliphatic rings. The third-order valence-corrected chi connectivity index (χ3v) is 5.28. The zero-order chi connectivity index (χ0) is 13.5. The highest BCUT2D eigenvalue weighted by Crippen LogP contribution is 2.24. The van der Waals surface area contributed by atoms with Crippen LogP contribution >= 0.6 is 0 Å². The monoisotopic (exact) mass is 266 g/mol. The summed E-state index contributed by atoms with van der Waals surface area (Å²) in [4.78, 5) is 2.76. The van der Waals surface area contributed by atoms with Crippen LogP contribution in [-0.2, 0) is 0 Å². The summed E-state index contributed by atoms with van der Waals surface area (Å²) >= 11 is 0. The zero-order valence-corrected chi connectivity index (χ0v) is 13.2. The highest BCUT2D eigenvalue weighted by molar-refractivity contribution is 4.81. The van der Waals surface area contributed by atoms with Gasteiger partial charge in [-0.25, -0.2) is 0 Å². The van der Waals surface area contributed by atoms with Crippen LogP contribution in [0.2, 0.25) is 0 Å². The summed E-state index contributed by atoms with van der Waals surface area (Å²) in [5.74, 6) is 0. The molecule has 0 spiro atoms. The molecule has 0 aromatic heterocycles. The van der Waals surface area contributed by atoms with E-state index in [0.29, 0.717) is 6.04 Å². The number of nitrogens with zero attached hydrogens (tertiary/aromatic N) is 1. The molecule has 0 saturated heterocycles. The molecule has 2 saturated carbocycles. The maximum absolute atomic E-state index is 3.83. The van der Waals surface area contributed by atoms with Crippen LogP contribution in [0.4, 0.5) is 0 Å². The molecule has 0 radical (unpaired) electrons. The van der Waals surface area contributed by atoms with E-state index in [1.807, 2.05) is 0 Å². The Labute approximate surface area is 120 Å². The van der Waals surface area contributed by atoms with E-state index in [9.17, 15) is 0 Å². The molecule has 112 valence electrons. The fraction of sp³-hybridized carbons (Fsp3) is 1.00. The largest absolute Gasteiger partial charge is 0.312 e. The third kappa shape index (κ3) is 4.75. The van der Waals surface area contributed by atoms with E-state index in [1.165, 1.54) is 77.3 Å². The molecular weight excluding hydrogens is 232 g/mol. The standard InChI is InChI=1S/C17H34N2/c1-3-19(17-12-8-5-9-13-17)15(2)14-18-16-10-6-4-7-11-16/h15-18H,3-14H2,1-2H3. The van der Waals surface area contributed by atoms with Gasteiger partial charge in [0.1, 0.15) is 0 Å². The van der Waals surface area contributed by atoms with Gasteiger partial charge < -0.3 is 5.32 Å². The number of nitrogens with one attached hydrogen (secondary N) is 1. The Bertz CT molecular complexity index is 229. The van der Waals surface area contributed by atoms with Gasteiger partial charge in [0.05, 0.1) is 0 Å². The number of rotatable bonds is 6. The topological polar surface area (TPSA) is 15.3 Å². The fourth-order valence-corrected chi connectivity index (χ4v) is 4.10. The van der Waals surface area contributed by atoms with Crippen LogP contribution in [0.3, 0.4) is 0 Å². The molecule has 1 unspecified atom stereocenters. The van der Waals surface area contributed by atoms with Crippen molar-refractivity contribution >= 4 is 0 Å². The average molecular weight is 266 g/mol. The van der Waals surface area contributed by atoms with Gasteiger partial charge in [0.25, 0.3) is 0 Å². The van der Waals surface area contributed by atoms with Gasteiger partial charge >= 0.3 is 0 Å². The summed E-state index contributed by atoms with van der Waals surface area (Å²) in [6.45, 7) is 7.17. The summed E-state index contributed by atoms with van der Waals surface area (Å²) in [6, 6.07) is 2.37. The number of hydrogen-bond acceptors (Lipinski definition) is 2. The molecule has 2 nitrogen and oxygen atoms in total. The molecule has 2 fully saturated rings. The average Bonchev–Trinajstić information content (AvgIpc) is 2.48. The minimum Gasteiger partial charge on any atom is -0.312 e. The molecule has 1 atom stereocenters. The predicted molar refractivity (Wildman–Crippen MR) is 83.6 cm³/mol.